The number of carbonyl (C=O) groups is 1. The van der Waals surface area contributed by atoms with E-state index in [1.54, 1.807) is 12.4 Å². The van der Waals surface area contributed by atoms with Crippen molar-refractivity contribution in [2.24, 2.45) is 0 Å². The summed E-state index contributed by atoms with van der Waals surface area (Å²) < 4.78 is 0. The van der Waals surface area contributed by atoms with E-state index in [1.807, 2.05) is 30.3 Å². The second kappa shape index (κ2) is 7.20. The first-order valence-electron chi connectivity index (χ1n) is 7.56. The van der Waals surface area contributed by atoms with Crippen molar-refractivity contribution in [1.82, 2.24) is 10.3 Å². The molecule has 0 saturated heterocycles. The van der Waals surface area contributed by atoms with E-state index >= 15 is 0 Å². The molecule has 1 aromatic carbocycles. The summed E-state index contributed by atoms with van der Waals surface area (Å²) in [5.41, 5.74) is 3.58. The molecule has 0 aliphatic carbocycles. The standard InChI is InChI=1S/C19H18N2OS/c1-14-3-2-4-15(13-14)7-12-21-19(22)18-6-5-17(23-18)16-8-10-20-11-9-16/h2-6,8-11,13H,7,12H2,1H3,(H,21,22). The zero-order valence-corrected chi connectivity index (χ0v) is 13.8. The molecule has 3 nitrogen and oxygen atoms in total. The van der Waals surface area contributed by atoms with Crippen LogP contribution >= 0.6 is 11.3 Å². The molecule has 2 aromatic heterocycles. The van der Waals surface area contributed by atoms with Crippen molar-refractivity contribution in [2.75, 3.05) is 6.54 Å². The lowest BCUT2D eigenvalue weighted by atomic mass is 10.1. The van der Waals surface area contributed by atoms with Gasteiger partial charge in [0.2, 0.25) is 0 Å². The topological polar surface area (TPSA) is 42.0 Å². The number of aryl methyl sites for hydroxylation is 1. The fourth-order valence-electron chi connectivity index (χ4n) is 2.41. The van der Waals surface area contributed by atoms with Crippen LogP contribution in [0.2, 0.25) is 0 Å². The quantitative estimate of drug-likeness (QED) is 0.768. The van der Waals surface area contributed by atoms with Crippen molar-refractivity contribution in [1.29, 1.82) is 0 Å². The molecule has 3 aromatic rings. The van der Waals surface area contributed by atoms with Crippen LogP contribution < -0.4 is 5.32 Å². The SMILES string of the molecule is Cc1cccc(CCNC(=O)c2ccc(-c3ccncc3)s2)c1. The number of thiophene rings is 1. The minimum atomic E-state index is -0.0111. The Morgan fingerprint density at radius 1 is 1.13 bits per heavy atom. The van der Waals surface area contributed by atoms with Crippen LogP contribution in [0.15, 0.2) is 60.9 Å². The van der Waals surface area contributed by atoms with Crippen LogP contribution in [0, 0.1) is 6.92 Å². The smallest absolute Gasteiger partial charge is 0.261 e. The number of pyridine rings is 1. The fraction of sp³-hybridized carbons (Fsp3) is 0.158. The minimum Gasteiger partial charge on any atom is -0.351 e. The van der Waals surface area contributed by atoms with E-state index < -0.39 is 0 Å². The summed E-state index contributed by atoms with van der Waals surface area (Å²) in [6, 6.07) is 16.1. The highest BCUT2D eigenvalue weighted by molar-refractivity contribution is 7.17. The Bertz CT molecular complexity index is 796. The second-order valence-electron chi connectivity index (χ2n) is 5.39. The average molecular weight is 322 g/mol. The lowest BCUT2D eigenvalue weighted by Gasteiger charge is -2.04. The van der Waals surface area contributed by atoms with E-state index in [-0.39, 0.29) is 5.91 Å². The first-order valence-corrected chi connectivity index (χ1v) is 8.38. The zero-order valence-electron chi connectivity index (χ0n) is 13.0. The lowest BCUT2D eigenvalue weighted by molar-refractivity contribution is 0.0958. The molecule has 0 spiro atoms. The van der Waals surface area contributed by atoms with Crippen molar-refractivity contribution < 1.29 is 4.79 Å². The van der Waals surface area contributed by atoms with Crippen LogP contribution in [-0.2, 0) is 6.42 Å². The first kappa shape index (κ1) is 15.4. The number of rotatable bonds is 5. The molecule has 1 N–H and O–H groups in total. The molecule has 4 heteroatoms. The molecule has 3 rings (SSSR count). The Balaban J connectivity index is 1.58. The third-order valence-electron chi connectivity index (χ3n) is 3.58. The van der Waals surface area contributed by atoms with E-state index in [2.05, 4.69) is 35.4 Å². The highest BCUT2D eigenvalue weighted by Crippen LogP contribution is 2.27. The number of nitrogens with one attached hydrogen (secondary N) is 1. The minimum absolute atomic E-state index is 0.0111. The van der Waals surface area contributed by atoms with Gasteiger partial charge in [-0.1, -0.05) is 29.8 Å². The van der Waals surface area contributed by atoms with Crippen molar-refractivity contribution in [3.63, 3.8) is 0 Å². The highest BCUT2D eigenvalue weighted by Gasteiger charge is 2.09. The zero-order chi connectivity index (χ0) is 16.1. The summed E-state index contributed by atoms with van der Waals surface area (Å²) in [5.74, 6) is -0.0111. The molecule has 0 atom stereocenters. The van der Waals surface area contributed by atoms with Crippen LogP contribution in [-0.4, -0.2) is 17.4 Å². The van der Waals surface area contributed by atoms with Gasteiger partial charge in [0.1, 0.15) is 0 Å². The molecule has 2 heterocycles. The molecule has 0 aliphatic heterocycles. The number of hydrogen-bond acceptors (Lipinski definition) is 3. The predicted octanol–water partition coefficient (Wildman–Crippen LogP) is 4.09. The van der Waals surface area contributed by atoms with E-state index in [0.29, 0.717) is 6.54 Å². The number of benzene rings is 1. The number of nitrogens with zero attached hydrogens (tertiary/aromatic N) is 1. The van der Waals surface area contributed by atoms with Gasteiger partial charge in [-0.25, -0.2) is 0 Å². The normalized spacial score (nSPS) is 10.5. The Morgan fingerprint density at radius 3 is 2.74 bits per heavy atom. The number of carbonyl (C=O) groups excluding carboxylic acids is 1. The predicted molar refractivity (Wildman–Crippen MR) is 94.8 cm³/mol. The Kier molecular flexibility index (Phi) is 4.83. The number of aromatic nitrogens is 1. The van der Waals surface area contributed by atoms with E-state index in [1.165, 1.54) is 22.5 Å². The number of amides is 1. The maximum absolute atomic E-state index is 12.2. The molecular weight excluding hydrogens is 304 g/mol. The Hall–Kier alpha value is -2.46. The summed E-state index contributed by atoms with van der Waals surface area (Å²) in [6.07, 6.45) is 4.36. The fourth-order valence-corrected chi connectivity index (χ4v) is 3.33. The number of hydrogen-bond donors (Lipinski definition) is 1. The third-order valence-corrected chi connectivity index (χ3v) is 4.71. The van der Waals surface area contributed by atoms with Gasteiger partial charge in [-0.3, -0.25) is 9.78 Å². The van der Waals surface area contributed by atoms with Gasteiger partial charge in [0.25, 0.3) is 5.91 Å². The summed E-state index contributed by atoms with van der Waals surface area (Å²) in [5, 5.41) is 2.99. The van der Waals surface area contributed by atoms with Gasteiger partial charge in [0.15, 0.2) is 0 Å². The molecule has 0 aliphatic rings. The molecule has 0 bridgehead atoms. The third kappa shape index (κ3) is 4.05. The molecule has 0 radical (unpaired) electrons. The van der Waals surface area contributed by atoms with E-state index in [4.69, 9.17) is 0 Å². The van der Waals surface area contributed by atoms with Gasteiger partial charge in [-0.05, 0) is 48.7 Å². The average Bonchev–Trinajstić information content (AvgIpc) is 3.06. The highest BCUT2D eigenvalue weighted by atomic mass is 32.1. The van der Waals surface area contributed by atoms with Crippen molar-refractivity contribution in [3.8, 4) is 10.4 Å². The van der Waals surface area contributed by atoms with Gasteiger partial charge < -0.3 is 5.32 Å². The van der Waals surface area contributed by atoms with E-state index in [0.717, 1.165) is 21.7 Å². The molecule has 0 unspecified atom stereocenters. The van der Waals surface area contributed by atoms with Crippen LogP contribution in [0.3, 0.4) is 0 Å². The summed E-state index contributed by atoms with van der Waals surface area (Å²) in [7, 11) is 0. The van der Waals surface area contributed by atoms with Gasteiger partial charge >= 0.3 is 0 Å². The molecular formula is C19H18N2OS. The Morgan fingerprint density at radius 2 is 1.96 bits per heavy atom. The summed E-state index contributed by atoms with van der Waals surface area (Å²) >= 11 is 1.50. The largest absolute Gasteiger partial charge is 0.351 e. The molecule has 0 saturated carbocycles. The molecule has 1 amide bonds. The summed E-state index contributed by atoms with van der Waals surface area (Å²) in [6.45, 7) is 2.72. The summed E-state index contributed by atoms with van der Waals surface area (Å²) in [4.78, 5) is 18.1. The molecule has 116 valence electrons. The molecule has 23 heavy (non-hydrogen) atoms. The van der Waals surface area contributed by atoms with Crippen LogP contribution in [0.1, 0.15) is 20.8 Å². The maximum atomic E-state index is 12.2. The Labute approximate surface area is 140 Å². The van der Waals surface area contributed by atoms with Gasteiger partial charge in [0.05, 0.1) is 4.88 Å². The maximum Gasteiger partial charge on any atom is 0.261 e. The van der Waals surface area contributed by atoms with Gasteiger partial charge in [-0.15, -0.1) is 11.3 Å². The van der Waals surface area contributed by atoms with Crippen molar-refractivity contribution in [2.45, 2.75) is 13.3 Å². The van der Waals surface area contributed by atoms with Gasteiger partial charge in [0, 0.05) is 23.8 Å². The van der Waals surface area contributed by atoms with E-state index in [9.17, 15) is 4.79 Å². The first-order chi connectivity index (χ1) is 11.2. The van der Waals surface area contributed by atoms with Crippen molar-refractivity contribution in [3.05, 3.63) is 76.9 Å². The molecule has 0 fully saturated rings. The monoisotopic (exact) mass is 322 g/mol. The van der Waals surface area contributed by atoms with Crippen LogP contribution in [0.5, 0.6) is 0 Å². The van der Waals surface area contributed by atoms with Crippen LogP contribution in [0.25, 0.3) is 10.4 Å². The lowest BCUT2D eigenvalue weighted by Crippen LogP contribution is -2.24. The van der Waals surface area contributed by atoms with Gasteiger partial charge in [-0.2, -0.15) is 0 Å². The van der Waals surface area contributed by atoms with Crippen molar-refractivity contribution >= 4 is 17.2 Å². The van der Waals surface area contributed by atoms with Crippen LogP contribution in [0.4, 0.5) is 0 Å². The second-order valence-corrected chi connectivity index (χ2v) is 6.48.